The number of aromatic amines is 1. The van der Waals surface area contributed by atoms with Crippen LogP contribution >= 0.6 is 11.6 Å². The normalized spacial score (nSPS) is 14.4. The van der Waals surface area contributed by atoms with Crippen LogP contribution in [0.4, 0.5) is 24.5 Å². The average Bonchev–Trinajstić information content (AvgIpc) is 3.63. The van der Waals surface area contributed by atoms with Gasteiger partial charge < -0.3 is 4.98 Å². The van der Waals surface area contributed by atoms with Crippen molar-refractivity contribution in [3.8, 4) is 22.5 Å². The predicted molar refractivity (Wildman–Crippen MR) is 145 cm³/mol. The summed E-state index contributed by atoms with van der Waals surface area (Å²) in [6.45, 7) is 0. The van der Waals surface area contributed by atoms with E-state index in [9.17, 15) is 13.2 Å². The highest BCUT2D eigenvalue weighted by Crippen LogP contribution is 2.37. The van der Waals surface area contributed by atoms with Crippen molar-refractivity contribution >= 4 is 45.4 Å². The maximum absolute atomic E-state index is 13.1. The Morgan fingerprint density at radius 2 is 1.34 bits per heavy atom. The highest BCUT2D eigenvalue weighted by molar-refractivity contribution is 6.30. The van der Waals surface area contributed by atoms with E-state index in [1.54, 1.807) is 18.2 Å². The number of alkyl halides is 3. The van der Waals surface area contributed by atoms with E-state index in [4.69, 9.17) is 16.6 Å². The molecule has 0 saturated carbocycles. The lowest BCUT2D eigenvalue weighted by Gasteiger charge is -2.04. The first-order valence-electron chi connectivity index (χ1n) is 12.0. The second-order valence-electron chi connectivity index (χ2n) is 9.48. The topological polar surface area (TPSA) is 53.4 Å². The number of fused-ring (bicyclic) bond motifs is 3. The van der Waals surface area contributed by atoms with E-state index in [0.29, 0.717) is 27.7 Å². The Morgan fingerprint density at radius 3 is 2.13 bits per heavy atom. The molecule has 4 nitrogen and oxygen atoms in total. The molecule has 1 aromatic heterocycles. The number of benzene rings is 4. The number of H-pyrrole nitrogens is 1. The molecule has 38 heavy (non-hydrogen) atoms. The fourth-order valence-corrected chi connectivity index (χ4v) is 5.12. The molecule has 8 heteroatoms. The van der Waals surface area contributed by atoms with Gasteiger partial charge in [0.1, 0.15) is 11.5 Å². The first kappa shape index (κ1) is 22.9. The zero-order valence-electron chi connectivity index (χ0n) is 19.8. The lowest BCUT2D eigenvalue weighted by atomic mass is 10.0. The van der Waals surface area contributed by atoms with Crippen LogP contribution in [-0.4, -0.2) is 27.6 Å². The van der Waals surface area contributed by atoms with E-state index in [-0.39, 0.29) is 6.42 Å². The Kier molecular flexibility index (Phi) is 5.07. The van der Waals surface area contributed by atoms with Crippen molar-refractivity contribution in [2.45, 2.75) is 19.0 Å². The number of imidazole rings is 1. The molecule has 0 unspecified atom stereocenters. The van der Waals surface area contributed by atoms with E-state index in [1.807, 2.05) is 42.5 Å². The van der Waals surface area contributed by atoms with Gasteiger partial charge in [0.25, 0.3) is 0 Å². The molecular weight excluding hydrogens is 509 g/mol. The molecule has 7 rings (SSSR count). The van der Waals surface area contributed by atoms with Crippen molar-refractivity contribution in [2.24, 2.45) is 9.98 Å². The second kappa shape index (κ2) is 8.39. The lowest BCUT2D eigenvalue weighted by molar-refractivity contribution is -0.0597. The van der Waals surface area contributed by atoms with Crippen molar-refractivity contribution in [2.75, 3.05) is 0 Å². The molecule has 0 spiro atoms. The Morgan fingerprint density at radius 1 is 0.684 bits per heavy atom. The van der Waals surface area contributed by atoms with E-state index < -0.39 is 11.9 Å². The average molecular weight is 527 g/mol. The summed E-state index contributed by atoms with van der Waals surface area (Å²) in [5.74, 6) is 0.583. The summed E-state index contributed by atoms with van der Waals surface area (Å²) in [6.07, 6.45) is -3.89. The monoisotopic (exact) mass is 526 g/mol. The maximum atomic E-state index is 13.1. The van der Waals surface area contributed by atoms with Crippen LogP contribution in [0.2, 0.25) is 5.02 Å². The Bertz CT molecular complexity index is 1810. The Labute approximate surface area is 220 Å². The van der Waals surface area contributed by atoms with Gasteiger partial charge in [0.15, 0.2) is 0 Å². The molecule has 0 atom stereocenters. The minimum Gasteiger partial charge on any atom is -0.338 e. The van der Waals surface area contributed by atoms with Crippen LogP contribution in [-0.2, 0) is 12.8 Å². The van der Waals surface area contributed by atoms with Gasteiger partial charge in [-0.25, -0.2) is 9.98 Å². The van der Waals surface area contributed by atoms with Crippen molar-refractivity contribution in [1.82, 2.24) is 9.97 Å². The van der Waals surface area contributed by atoms with Crippen molar-refractivity contribution in [3.63, 3.8) is 0 Å². The molecule has 1 N–H and O–H groups in total. The summed E-state index contributed by atoms with van der Waals surface area (Å²) < 4.78 is 39.3. The van der Waals surface area contributed by atoms with E-state index in [1.165, 1.54) is 5.56 Å². The van der Waals surface area contributed by atoms with Gasteiger partial charge in [-0.1, -0.05) is 54.1 Å². The van der Waals surface area contributed by atoms with Crippen LogP contribution in [0.5, 0.6) is 0 Å². The molecule has 0 fully saturated rings. The lowest BCUT2D eigenvalue weighted by Crippen LogP contribution is -2.22. The van der Waals surface area contributed by atoms with E-state index in [0.717, 1.165) is 45.5 Å². The fraction of sp³-hybridized carbons (Fsp3) is 0.100. The largest absolute Gasteiger partial charge is 0.429 e. The number of halogens is 4. The number of hydrogen-bond donors (Lipinski definition) is 1. The molecule has 3 heterocycles. The minimum absolute atomic E-state index is 0.200. The van der Waals surface area contributed by atoms with Gasteiger partial charge in [0.2, 0.25) is 0 Å². The zero-order valence-corrected chi connectivity index (χ0v) is 20.5. The molecule has 0 radical (unpaired) electrons. The number of nitrogens with zero attached hydrogens (tertiary/aromatic N) is 3. The van der Waals surface area contributed by atoms with Crippen LogP contribution < -0.4 is 0 Å². The van der Waals surface area contributed by atoms with Crippen molar-refractivity contribution in [3.05, 3.63) is 101 Å². The molecule has 0 bridgehead atoms. The highest BCUT2D eigenvalue weighted by atomic mass is 35.5. The van der Waals surface area contributed by atoms with Gasteiger partial charge in [-0.15, -0.1) is 0 Å². The number of hydrogen-bond acceptors (Lipinski definition) is 3. The highest BCUT2D eigenvalue weighted by Gasteiger charge is 2.38. The molecule has 2 aliphatic heterocycles. The molecular formula is C30H18ClF3N4. The first-order valence-corrected chi connectivity index (χ1v) is 12.4. The summed E-state index contributed by atoms with van der Waals surface area (Å²) in [4.78, 5) is 16.7. The van der Waals surface area contributed by atoms with Crippen LogP contribution in [0.25, 0.3) is 33.5 Å². The SMILES string of the molecule is FC(F)(F)C1=Nc2cc(-c3nc4ccc(C5=Nc6cc(-c7ccc(Cl)cc7)ccc6C5)cc4[nH]3)ccc2C1. The van der Waals surface area contributed by atoms with Crippen LogP contribution in [0.1, 0.15) is 16.7 Å². The van der Waals surface area contributed by atoms with Crippen molar-refractivity contribution < 1.29 is 13.2 Å². The number of nitrogens with one attached hydrogen (secondary N) is 1. The quantitative estimate of drug-likeness (QED) is 0.252. The predicted octanol–water partition coefficient (Wildman–Crippen LogP) is 8.42. The maximum Gasteiger partial charge on any atom is 0.429 e. The Hall–Kier alpha value is -4.23. The molecule has 0 saturated heterocycles. The molecule has 0 amide bonds. The third kappa shape index (κ3) is 4.00. The smallest absolute Gasteiger partial charge is 0.338 e. The molecule has 0 aliphatic carbocycles. The van der Waals surface area contributed by atoms with Gasteiger partial charge >= 0.3 is 6.18 Å². The standard InChI is InChI=1S/C30H18ClF3N4/c31-22-8-5-16(6-9-22)17-1-2-18-12-25(35-24(18)11-17)19-7-10-23-27(13-19)38-29(37-23)21-4-3-20-15-28(30(32,33)34)36-26(20)14-21/h1-11,13-14H,12,15H2,(H,37,38). The molecule has 186 valence electrons. The number of rotatable bonds is 3. The summed E-state index contributed by atoms with van der Waals surface area (Å²) in [5, 5.41) is 0.702. The summed E-state index contributed by atoms with van der Waals surface area (Å²) >= 11 is 6.03. The van der Waals surface area contributed by atoms with Gasteiger partial charge in [0, 0.05) is 23.4 Å². The minimum atomic E-state index is -4.42. The van der Waals surface area contributed by atoms with E-state index >= 15 is 0 Å². The summed E-state index contributed by atoms with van der Waals surface area (Å²) in [5.41, 5.74) is 8.68. The van der Waals surface area contributed by atoms with Crippen LogP contribution in [0.3, 0.4) is 0 Å². The first-order chi connectivity index (χ1) is 18.3. The third-order valence-electron chi connectivity index (χ3n) is 6.99. The van der Waals surface area contributed by atoms with Crippen molar-refractivity contribution in [1.29, 1.82) is 0 Å². The van der Waals surface area contributed by atoms with Crippen LogP contribution in [0.15, 0.2) is 88.8 Å². The summed E-state index contributed by atoms with van der Waals surface area (Å²) in [7, 11) is 0. The van der Waals surface area contributed by atoms with Crippen LogP contribution in [0, 0.1) is 0 Å². The van der Waals surface area contributed by atoms with Gasteiger partial charge in [-0.05, 0) is 64.2 Å². The molecule has 4 aromatic carbocycles. The zero-order chi connectivity index (χ0) is 26.0. The van der Waals surface area contributed by atoms with E-state index in [2.05, 4.69) is 33.2 Å². The number of aromatic nitrogens is 2. The van der Waals surface area contributed by atoms with Gasteiger partial charge in [-0.3, -0.25) is 4.99 Å². The molecule has 2 aliphatic rings. The second-order valence-corrected chi connectivity index (χ2v) is 9.92. The number of aliphatic imine (C=N–C) groups is 2. The van der Waals surface area contributed by atoms with Gasteiger partial charge in [-0.2, -0.15) is 13.2 Å². The Balaban J connectivity index is 1.18. The molecule has 5 aromatic rings. The van der Waals surface area contributed by atoms with Gasteiger partial charge in [0.05, 0.1) is 28.1 Å². The fourth-order valence-electron chi connectivity index (χ4n) is 4.99. The summed E-state index contributed by atoms with van der Waals surface area (Å²) in [6, 6.07) is 25.1. The third-order valence-corrected chi connectivity index (χ3v) is 7.24.